The zero-order valence-electron chi connectivity index (χ0n) is 13.6. The van der Waals surface area contributed by atoms with Gasteiger partial charge in [-0.1, -0.05) is 6.07 Å². The van der Waals surface area contributed by atoms with E-state index in [0.717, 1.165) is 21.6 Å². The van der Waals surface area contributed by atoms with Crippen LogP contribution in [0.2, 0.25) is 0 Å². The SMILES string of the molecule is Cc1cc2nc(OC(C)(C)C)c(-c3cccs3)nc2cc1C. The summed E-state index contributed by atoms with van der Waals surface area (Å²) in [5.41, 5.74) is 4.74. The number of rotatable bonds is 2. The van der Waals surface area contributed by atoms with Crippen LogP contribution in [0.4, 0.5) is 0 Å². The maximum absolute atomic E-state index is 6.07. The van der Waals surface area contributed by atoms with Gasteiger partial charge in [0.05, 0.1) is 15.9 Å². The van der Waals surface area contributed by atoms with Gasteiger partial charge < -0.3 is 4.74 Å². The van der Waals surface area contributed by atoms with E-state index >= 15 is 0 Å². The molecule has 0 fully saturated rings. The Morgan fingerprint density at radius 1 is 1.00 bits per heavy atom. The third-order valence-electron chi connectivity index (χ3n) is 3.41. The molecule has 0 N–H and O–H groups in total. The Hall–Kier alpha value is -1.94. The van der Waals surface area contributed by atoms with Gasteiger partial charge in [-0.25, -0.2) is 9.97 Å². The summed E-state index contributed by atoms with van der Waals surface area (Å²) < 4.78 is 6.07. The Morgan fingerprint density at radius 3 is 2.18 bits per heavy atom. The molecule has 4 heteroatoms. The van der Waals surface area contributed by atoms with E-state index in [1.54, 1.807) is 11.3 Å². The molecule has 1 aromatic carbocycles. The summed E-state index contributed by atoms with van der Waals surface area (Å²) in [6.07, 6.45) is 0. The van der Waals surface area contributed by atoms with Crippen molar-refractivity contribution in [2.24, 2.45) is 0 Å². The Labute approximate surface area is 135 Å². The maximum Gasteiger partial charge on any atom is 0.242 e. The number of hydrogen-bond acceptors (Lipinski definition) is 4. The lowest BCUT2D eigenvalue weighted by Crippen LogP contribution is -2.24. The van der Waals surface area contributed by atoms with Crippen molar-refractivity contribution in [3.63, 3.8) is 0 Å². The van der Waals surface area contributed by atoms with Crippen LogP contribution < -0.4 is 4.74 Å². The van der Waals surface area contributed by atoms with Crippen LogP contribution in [0.3, 0.4) is 0 Å². The second-order valence-corrected chi connectivity index (χ2v) is 7.44. The molecule has 0 atom stereocenters. The lowest BCUT2D eigenvalue weighted by Gasteiger charge is -2.22. The highest BCUT2D eigenvalue weighted by molar-refractivity contribution is 7.13. The molecule has 0 amide bonds. The third-order valence-corrected chi connectivity index (χ3v) is 4.28. The number of fused-ring (bicyclic) bond motifs is 1. The van der Waals surface area contributed by atoms with Gasteiger partial charge in [0.2, 0.25) is 5.88 Å². The Balaban J connectivity index is 2.25. The summed E-state index contributed by atoms with van der Waals surface area (Å²) in [6, 6.07) is 8.24. The lowest BCUT2D eigenvalue weighted by molar-refractivity contribution is 0.125. The number of nitrogens with zero attached hydrogens (tertiary/aromatic N) is 2. The number of hydrogen-bond donors (Lipinski definition) is 0. The lowest BCUT2D eigenvalue weighted by atomic mass is 10.1. The van der Waals surface area contributed by atoms with Gasteiger partial charge in [-0.3, -0.25) is 0 Å². The van der Waals surface area contributed by atoms with E-state index in [1.165, 1.54) is 11.1 Å². The summed E-state index contributed by atoms with van der Waals surface area (Å²) in [7, 11) is 0. The maximum atomic E-state index is 6.07. The van der Waals surface area contributed by atoms with E-state index in [-0.39, 0.29) is 5.60 Å². The van der Waals surface area contributed by atoms with Gasteiger partial charge in [0.1, 0.15) is 11.3 Å². The predicted octanol–water partition coefficient (Wildman–Crippen LogP) is 5.15. The minimum absolute atomic E-state index is 0.311. The molecule has 0 aliphatic rings. The third kappa shape index (κ3) is 2.97. The highest BCUT2D eigenvalue weighted by atomic mass is 32.1. The van der Waals surface area contributed by atoms with Crippen molar-refractivity contribution in [1.82, 2.24) is 9.97 Å². The van der Waals surface area contributed by atoms with Gasteiger partial charge in [0.15, 0.2) is 0 Å². The standard InChI is InChI=1S/C18H20N2OS/c1-11-9-13-14(10-12(11)2)20-17(21-18(3,4)5)16(19-13)15-7-6-8-22-15/h6-10H,1-5H3. The fourth-order valence-electron chi connectivity index (χ4n) is 2.23. The number of thiophene rings is 1. The summed E-state index contributed by atoms with van der Waals surface area (Å²) in [5.74, 6) is 0.603. The van der Waals surface area contributed by atoms with Crippen molar-refractivity contribution in [1.29, 1.82) is 0 Å². The van der Waals surface area contributed by atoms with Crippen LogP contribution in [-0.4, -0.2) is 15.6 Å². The van der Waals surface area contributed by atoms with Crippen molar-refractivity contribution >= 4 is 22.4 Å². The van der Waals surface area contributed by atoms with Crippen LogP contribution in [0.15, 0.2) is 29.6 Å². The van der Waals surface area contributed by atoms with E-state index in [1.807, 2.05) is 32.2 Å². The number of ether oxygens (including phenoxy) is 1. The molecular weight excluding hydrogens is 292 g/mol. The topological polar surface area (TPSA) is 35.0 Å². The van der Waals surface area contributed by atoms with Gasteiger partial charge in [-0.2, -0.15) is 0 Å². The number of benzene rings is 1. The van der Waals surface area contributed by atoms with Crippen LogP contribution in [0.25, 0.3) is 21.6 Å². The molecule has 114 valence electrons. The highest BCUT2D eigenvalue weighted by Gasteiger charge is 2.20. The Kier molecular flexibility index (Phi) is 3.65. The number of aromatic nitrogens is 2. The second-order valence-electron chi connectivity index (χ2n) is 6.49. The first-order valence-corrected chi connectivity index (χ1v) is 8.23. The number of aryl methyl sites for hydroxylation is 2. The average molecular weight is 312 g/mol. The van der Waals surface area contributed by atoms with Crippen molar-refractivity contribution in [3.05, 3.63) is 40.8 Å². The fraction of sp³-hybridized carbons (Fsp3) is 0.333. The quantitative estimate of drug-likeness (QED) is 0.656. The van der Waals surface area contributed by atoms with Gasteiger partial charge in [-0.05, 0) is 69.3 Å². The fourth-order valence-corrected chi connectivity index (χ4v) is 2.94. The normalized spacial score (nSPS) is 11.9. The molecule has 0 aliphatic heterocycles. The molecule has 3 rings (SSSR count). The molecule has 0 spiro atoms. The van der Waals surface area contributed by atoms with Crippen LogP contribution in [0, 0.1) is 13.8 Å². The summed E-state index contributed by atoms with van der Waals surface area (Å²) in [6.45, 7) is 10.3. The molecule has 3 nitrogen and oxygen atoms in total. The van der Waals surface area contributed by atoms with E-state index in [2.05, 4.69) is 32.0 Å². The molecule has 22 heavy (non-hydrogen) atoms. The Bertz CT molecular complexity index is 817. The van der Waals surface area contributed by atoms with E-state index in [4.69, 9.17) is 14.7 Å². The van der Waals surface area contributed by atoms with E-state index in [0.29, 0.717) is 5.88 Å². The van der Waals surface area contributed by atoms with Gasteiger partial charge in [0.25, 0.3) is 0 Å². The molecule has 3 aromatic rings. The predicted molar refractivity (Wildman–Crippen MR) is 92.7 cm³/mol. The van der Waals surface area contributed by atoms with Crippen molar-refractivity contribution < 1.29 is 4.74 Å². The summed E-state index contributed by atoms with van der Waals surface area (Å²) in [5, 5.41) is 2.04. The summed E-state index contributed by atoms with van der Waals surface area (Å²) in [4.78, 5) is 10.6. The zero-order chi connectivity index (χ0) is 15.9. The highest BCUT2D eigenvalue weighted by Crippen LogP contribution is 2.34. The monoisotopic (exact) mass is 312 g/mol. The Morgan fingerprint density at radius 2 is 1.64 bits per heavy atom. The first-order chi connectivity index (χ1) is 10.3. The minimum Gasteiger partial charge on any atom is -0.470 e. The van der Waals surface area contributed by atoms with Gasteiger partial charge in [0, 0.05) is 0 Å². The molecule has 0 saturated carbocycles. The largest absolute Gasteiger partial charge is 0.470 e. The molecular formula is C18H20N2OS. The molecule has 2 heterocycles. The smallest absolute Gasteiger partial charge is 0.242 e. The first-order valence-electron chi connectivity index (χ1n) is 7.35. The van der Waals surface area contributed by atoms with Gasteiger partial charge >= 0.3 is 0 Å². The van der Waals surface area contributed by atoms with Crippen LogP contribution >= 0.6 is 11.3 Å². The molecule has 0 unspecified atom stereocenters. The van der Waals surface area contributed by atoms with Crippen molar-refractivity contribution in [2.75, 3.05) is 0 Å². The summed E-state index contributed by atoms with van der Waals surface area (Å²) >= 11 is 1.65. The second kappa shape index (κ2) is 5.36. The van der Waals surface area contributed by atoms with Crippen molar-refractivity contribution in [3.8, 4) is 16.5 Å². The first kappa shape index (κ1) is 15.0. The molecule has 0 radical (unpaired) electrons. The van der Waals surface area contributed by atoms with Gasteiger partial charge in [-0.15, -0.1) is 11.3 Å². The molecule has 0 bridgehead atoms. The van der Waals surface area contributed by atoms with Crippen LogP contribution in [0.5, 0.6) is 5.88 Å². The molecule has 0 aliphatic carbocycles. The van der Waals surface area contributed by atoms with Crippen LogP contribution in [0.1, 0.15) is 31.9 Å². The van der Waals surface area contributed by atoms with E-state index in [9.17, 15) is 0 Å². The van der Waals surface area contributed by atoms with Crippen LogP contribution in [-0.2, 0) is 0 Å². The van der Waals surface area contributed by atoms with Crippen molar-refractivity contribution in [2.45, 2.75) is 40.2 Å². The van der Waals surface area contributed by atoms with E-state index < -0.39 is 0 Å². The zero-order valence-corrected chi connectivity index (χ0v) is 14.4. The minimum atomic E-state index is -0.311. The molecule has 0 saturated heterocycles. The average Bonchev–Trinajstić information content (AvgIpc) is 2.92. The molecule has 2 aromatic heterocycles.